The molecule has 0 spiro atoms. The van der Waals surface area contributed by atoms with Crippen LogP contribution in [0.4, 0.5) is 4.79 Å². The van der Waals surface area contributed by atoms with E-state index in [1.54, 1.807) is 29.2 Å². The third-order valence-corrected chi connectivity index (χ3v) is 5.75. The molecular formula is C18H19ClN2O3S. The summed E-state index contributed by atoms with van der Waals surface area (Å²) in [6, 6.07) is 7.10. The Labute approximate surface area is 156 Å². The maximum atomic E-state index is 12.5. The molecule has 3 amide bonds. The summed E-state index contributed by atoms with van der Waals surface area (Å²) in [6.45, 7) is 3.34. The highest BCUT2D eigenvalue weighted by Crippen LogP contribution is 2.33. The summed E-state index contributed by atoms with van der Waals surface area (Å²) >= 11 is 6.94. The Morgan fingerprint density at radius 3 is 2.64 bits per heavy atom. The number of imide groups is 1. The van der Waals surface area contributed by atoms with Gasteiger partial charge in [-0.2, -0.15) is 0 Å². The van der Waals surface area contributed by atoms with E-state index in [-0.39, 0.29) is 17.4 Å². The first-order valence-electron chi connectivity index (χ1n) is 8.23. The number of carbonyl (C=O) groups excluding carboxylic acids is 3. The number of hydrogen-bond acceptors (Lipinski definition) is 4. The highest BCUT2D eigenvalue weighted by molar-refractivity contribution is 8.18. The Morgan fingerprint density at radius 2 is 1.96 bits per heavy atom. The third-order valence-electron chi connectivity index (χ3n) is 4.50. The predicted octanol–water partition coefficient (Wildman–Crippen LogP) is 3.63. The first kappa shape index (κ1) is 18.0. The van der Waals surface area contributed by atoms with Gasteiger partial charge in [0.1, 0.15) is 6.54 Å². The second-order valence-corrected chi connectivity index (χ2v) is 7.75. The Bertz CT molecular complexity index is 742. The zero-order valence-corrected chi connectivity index (χ0v) is 15.5. The molecule has 2 fully saturated rings. The molecule has 2 aliphatic rings. The number of benzene rings is 1. The summed E-state index contributed by atoms with van der Waals surface area (Å²) in [4.78, 5) is 40.1. The molecule has 25 heavy (non-hydrogen) atoms. The average Bonchev–Trinajstić information content (AvgIpc) is 2.85. The van der Waals surface area contributed by atoms with Gasteiger partial charge in [0.25, 0.3) is 11.1 Å². The quantitative estimate of drug-likeness (QED) is 0.753. The fourth-order valence-corrected chi connectivity index (χ4v) is 3.88. The molecule has 0 aliphatic carbocycles. The van der Waals surface area contributed by atoms with Gasteiger partial charge in [-0.1, -0.05) is 36.7 Å². The highest BCUT2D eigenvalue weighted by atomic mass is 35.5. The van der Waals surface area contributed by atoms with E-state index in [1.807, 2.05) is 6.07 Å². The van der Waals surface area contributed by atoms with Gasteiger partial charge in [-0.05, 0) is 48.2 Å². The first-order valence-corrected chi connectivity index (χ1v) is 9.43. The topological polar surface area (TPSA) is 57.7 Å². The molecule has 1 aromatic rings. The average molecular weight is 379 g/mol. The third kappa shape index (κ3) is 4.07. The molecule has 132 valence electrons. The number of halogens is 1. The lowest BCUT2D eigenvalue weighted by molar-refractivity contribution is -0.136. The molecule has 0 N–H and O–H groups in total. The van der Waals surface area contributed by atoms with Crippen molar-refractivity contribution in [2.75, 3.05) is 19.6 Å². The highest BCUT2D eigenvalue weighted by Gasteiger charge is 2.37. The van der Waals surface area contributed by atoms with Crippen LogP contribution in [0.2, 0.25) is 5.02 Å². The summed E-state index contributed by atoms with van der Waals surface area (Å²) < 4.78 is 0. The van der Waals surface area contributed by atoms with Crippen molar-refractivity contribution in [1.82, 2.24) is 9.80 Å². The standard InChI is InChI=1S/C18H19ClN2O3S/c1-12-6-8-20(9-7-12)16(22)11-21-17(23)15(25-18(21)24)10-13-4-2-3-5-14(13)19/h2-5,10,12H,6-9,11H2,1H3/b15-10-. The molecule has 5 nitrogen and oxygen atoms in total. The number of amides is 3. The Kier molecular flexibility index (Phi) is 5.49. The van der Waals surface area contributed by atoms with Crippen LogP contribution in [0.25, 0.3) is 6.08 Å². The number of carbonyl (C=O) groups is 3. The van der Waals surface area contributed by atoms with E-state index in [2.05, 4.69) is 6.92 Å². The molecule has 0 atom stereocenters. The number of thioether (sulfide) groups is 1. The van der Waals surface area contributed by atoms with Gasteiger partial charge < -0.3 is 4.90 Å². The lowest BCUT2D eigenvalue weighted by Crippen LogP contribution is -2.45. The molecule has 2 aliphatic heterocycles. The van der Waals surface area contributed by atoms with Gasteiger partial charge in [-0.3, -0.25) is 19.3 Å². The zero-order chi connectivity index (χ0) is 18.0. The Hall–Kier alpha value is -1.79. The lowest BCUT2D eigenvalue weighted by atomic mass is 9.99. The molecule has 2 heterocycles. The maximum absolute atomic E-state index is 12.5. The smallest absolute Gasteiger partial charge is 0.294 e. The van der Waals surface area contributed by atoms with E-state index in [9.17, 15) is 14.4 Å². The van der Waals surface area contributed by atoms with Gasteiger partial charge in [-0.15, -0.1) is 0 Å². The van der Waals surface area contributed by atoms with Gasteiger partial charge >= 0.3 is 0 Å². The minimum absolute atomic E-state index is 0.173. The normalized spacial score (nSPS) is 20.6. The van der Waals surface area contributed by atoms with Gasteiger partial charge in [0.2, 0.25) is 5.91 Å². The van der Waals surface area contributed by atoms with Gasteiger partial charge in [0.15, 0.2) is 0 Å². The van der Waals surface area contributed by atoms with Crippen molar-refractivity contribution in [1.29, 1.82) is 0 Å². The van der Waals surface area contributed by atoms with Crippen molar-refractivity contribution in [3.63, 3.8) is 0 Å². The molecular weight excluding hydrogens is 360 g/mol. The first-order chi connectivity index (χ1) is 12.0. The lowest BCUT2D eigenvalue weighted by Gasteiger charge is -2.31. The van der Waals surface area contributed by atoms with E-state index < -0.39 is 11.1 Å². The van der Waals surface area contributed by atoms with Crippen molar-refractivity contribution >= 4 is 46.5 Å². The second-order valence-electron chi connectivity index (χ2n) is 6.35. The molecule has 0 radical (unpaired) electrons. The van der Waals surface area contributed by atoms with E-state index in [0.717, 1.165) is 29.5 Å². The fourth-order valence-electron chi connectivity index (χ4n) is 2.86. The van der Waals surface area contributed by atoms with Crippen LogP contribution >= 0.6 is 23.4 Å². The molecule has 2 saturated heterocycles. The second kappa shape index (κ2) is 7.62. The fraction of sp³-hybridized carbons (Fsp3) is 0.389. The largest absolute Gasteiger partial charge is 0.341 e. The molecule has 0 bridgehead atoms. The maximum Gasteiger partial charge on any atom is 0.294 e. The van der Waals surface area contributed by atoms with Crippen molar-refractivity contribution in [2.45, 2.75) is 19.8 Å². The Balaban J connectivity index is 1.69. The zero-order valence-electron chi connectivity index (χ0n) is 13.9. The predicted molar refractivity (Wildman–Crippen MR) is 99.1 cm³/mol. The van der Waals surface area contributed by atoms with Gasteiger partial charge in [0.05, 0.1) is 4.91 Å². The van der Waals surface area contributed by atoms with E-state index >= 15 is 0 Å². The molecule has 0 saturated carbocycles. The number of piperidine rings is 1. The van der Waals surface area contributed by atoms with E-state index in [0.29, 0.717) is 29.6 Å². The van der Waals surface area contributed by atoms with Crippen molar-refractivity contribution in [3.8, 4) is 0 Å². The molecule has 7 heteroatoms. The van der Waals surface area contributed by atoms with E-state index in [4.69, 9.17) is 11.6 Å². The summed E-state index contributed by atoms with van der Waals surface area (Å²) in [5.41, 5.74) is 0.672. The summed E-state index contributed by atoms with van der Waals surface area (Å²) in [7, 11) is 0. The van der Waals surface area contributed by atoms with Crippen LogP contribution in [0.3, 0.4) is 0 Å². The van der Waals surface area contributed by atoms with Crippen LogP contribution in [0.1, 0.15) is 25.3 Å². The molecule has 0 aromatic heterocycles. The number of hydrogen-bond donors (Lipinski definition) is 0. The summed E-state index contributed by atoms with van der Waals surface area (Å²) in [5.74, 6) is 0.00153. The number of rotatable bonds is 3. The van der Waals surface area contributed by atoms with E-state index in [1.165, 1.54) is 0 Å². The van der Waals surface area contributed by atoms with Crippen molar-refractivity contribution in [3.05, 3.63) is 39.8 Å². The van der Waals surface area contributed by atoms with Crippen LogP contribution in [0.5, 0.6) is 0 Å². The van der Waals surface area contributed by atoms with Crippen LogP contribution in [-0.2, 0) is 9.59 Å². The summed E-state index contributed by atoms with van der Waals surface area (Å²) in [6.07, 6.45) is 3.51. The Morgan fingerprint density at radius 1 is 1.28 bits per heavy atom. The van der Waals surface area contributed by atoms with Crippen molar-refractivity contribution < 1.29 is 14.4 Å². The summed E-state index contributed by atoms with van der Waals surface area (Å²) in [5, 5.41) is 0.0924. The SMILES string of the molecule is CC1CCN(C(=O)CN2C(=O)S/C(=C\c3ccccc3Cl)C2=O)CC1. The number of likely N-dealkylation sites (tertiary alicyclic amines) is 1. The van der Waals surface area contributed by atoms with Crippen molar-refractivity contribution in [2.24, 2.45) is 5.92 Å². The van der Waals surface area contributed by atoms with Crippen LogP contribution < -0.4 is 0 Å². The van der Waals surface area contributed by atoms with Crippen LogP contribution in [0.15, 0.2) is 29.2 Å². The minimum Gasteiger partial charge on any atom is -0.341 e. The van der Waals surface area contributed by atoms with Crippen LogP contribution in [0, 0.1) is 5.92 Å². The minimum atomic E-state index is -0.436. The monoisotopic (exact) mass is 378 g/mol. The van der Waals surface area contributed by atoms with Gasteiger partial charge in [-0.25, -0.2) is 0 Å². The molecule has 3 rings (SSSR count). The number of nitrogens with zero attached hydrogens (tertiary/aromatic N) is 2. The molecule has 1 aromatic carbocycles. The molecule has 0 unspecified atom stereocenters. The van der Waals surface area contributed by atoms with Gasteiger partial charge in [0, 0.05) is 18.1 Å². The van der Waals surface area contributed by atoms with Crippen LogP contribution in [-0.4, -0.2) is 46.5 Å².